The van der Waals surface area contributed by atoms with Gasteiger partial charge in [0.05, 0.1) is 0 Å². The Balaban J connectivity index is 0.000000745. The van der Waals surface area contributed by atoms with Crippen LogP contribution in [0.3, 0.4) is 0 Å². The van der Waals surface area contributed by atoms with Gasteiger partial charge in [0.25, 0.3) is 0 Å². The Morgan fingerprint density at radius 3 is 2.32 bits per heavy atom. The van der Waals surface area contributed by atoms with E-state index in [0.29, 0.717) is 0 Å². The summed E-state index contributed by atoms with van der Waals surface area (Å²) in [5.74, 6) is 0.121. The van der Waals surface area contributed by atoms with Gasteiger partial charge >= 0.3 is 8.69 Å². The molecule has 2 aromatic rings. The van der Waals surface area contributed by atoms with Crippen molar-refractivity contribution in [2.45, 2.75) is 34.1 Å². The lowest BCUT2D eigenvalue weighted by molar-refractivity contribution is 0.103. The van der Waals surface area contributed by atoms with Crippen molar-refractivity contribution in [3.8, 4) is 0 Å². The monoisotopic (exact) mass is 316 g/mol. The van der Waals surface area contributed by atoms with Crippen LogP contribution in [0.4, 0.5) is 0 Å². The van der Waals surface area contributed by atoms with Gasteiger partial charge in [-0.2, -0.15) is 0 Å². The second-order valence-electron chi connectivity index (χ2n) is 5.14. The zero-order chi connectivity index (χ0) is 16.7. The molecule has 22 heavy (non-hydrogen) atoms. The largest absolute Gasteiger partial charge is 0.324 e. The number of ketones is 1. The highest BCUT2D eigenvalue weighted by atomic mass is 31.1. The van der Waals surface area contributed by atoms with Crippen molar-refractivity contribution in [2.24, 2.45) is 0 Å². The van der Waals surface area contributed by atoms with E-state index in [2.05, 4.69) is 26.8 Å². The number of carbonyl (C=O) groups is 1. The Morgan fingerprint density at radius 2 is 1.73 bits per heavy atom. The van der Waals surface area contributed by atoms with E-state index in [1.807, 2.05) is 37.3 Å². The molecule has 4 heteroatoms. The summed E-state index contributed by atoms with van der Waals surface area (Å²) in [7, 11) is -0.833. The topological polar surface area (TPSA) is 54.4 Å². The summed E-state index contributed by atoms with van der Waals surface area (Å²) >= 11 is 0. The summed E-state index contributed by atoms with van der Waals surface area (Å²) in [6.45, 7) is 8.28. The molecule has 0 aliphatic rings. The average molecular weight is 316 g/mol. The molecule has 2 aromatic carbocycles. The number of hydrogen-bond acceptors (Lipinski definition) is 2. The summed E-state index contributed by atoms with van der Waals surface area (Å²) in [6.07, 6.45) is 0.951. The molecule has 3 nitrogen and oxygen atoms in total. The molecule has 0 aromatic heterocycles. The van der Waals surface area contributed by atoms with E-state index in [0.717, 1.165) is 23.1 Å². The minimum atomic E-state index is -0.833. The molecule has 0 spiro atoms. The van der Waals surface area contributed by atoms with Crippen LogP contribution in [-0.2, 0) is 11.0 Å². The van der Waals surface area contributed by atoms with Gasteiger partial charge in [0.15, 0.2) is 5.78 Å². The van der Waals surface area contributed by atoms with Gasteiger partial charge < -0.3 is 4.89 Å². The number of aryl methyl sites for hydroxylation is 2. The van der Waals surface area contributed by atoms with Crippen LogP contribution in [0, 0.1) is 20.8 Å². The Morgan fingerprint density at radius 1 is 1.09 bits per heavy atom. The highest BCUT2D eigenvalue weighted by Crippen LogP contribution is 2.20. The maximum absolute atomic E-state index is 12.6. The zero-order valence-electron chi connectivity index (χ0n) is 13.4. The normalized spacial score (nSPS) is 10.0. The third-order valence-electron chi connectivity index (χ3n) is 3.90. The zero-order valence-corrected chi connectivity index (χ0v) is 14.3. The van der Waals surface area contributed by atoms with Crippen LogP contribution in [-0.4, -0.2) is 10.7 Å². The fraction of sp³-hybridized carbons (Fsp3) is 0.278. The van der Waals surface area contributed by atoms with Crippen molar-refractivity contribution in [3.05, 3.63) is 69.8 Å². The number of carbonyl (C=O) groups excluding carboxylic acids is 1. The smallest absolute Gasteiger partial charge is 0.310 e. The molecule has 0 fully saturated rings. The lowest BCUT2D eigenvalue weighted by atomic mass is 9.93. The van der Waals surface area contributed by atoms with Crippen LogP contribution in [0.1, 0.15) is 45.1 Å². The van der Waals surface area contributed by atoms with Gasteiger partial charge in [-0.15, -0.1) is 0 Å². The fourth-order valence-electron chi connectivity index (χ4n) is 2.29. The maximum atomic E-state index is 12.6. The van der Waals surface area contributed by atoms with Crippen molar-refractivity contribution in [1.82, 2.24) is 0 Å². The molecule has 2 rings (SSSR count). The summed E-state index contributed by atoms with van der Waals surface area (Å²) in [4.78, 5) is 19.6. The Bertz CT molecular complexity index is 678. The number of benzene rings is 2. The van der Waals surface area contributed by atoms with E-state index in [1.165, 1.54) is 16.7 Å². The van der Waals surface area contributed by atoms with E-state index in [9.17, 15) is 4.79 Å². The van der Waals surface area contributed by atoms with Crippen LogP contribution in [0.25, 0.3) is 0 Å². The predicted octanol–water partition coefficient (Wildman–Crippen LogP) is 4.59. The maximum Gasteiger partial charge on any atom is 0.324 e. The molecule has 0 radical (unpaired) electrons. The Hall–Kier alpha value is -1.83. The van der Waals surface area contributed by atoms with E-state index in [-0.39, 0.29) is 5.78 Å². The molecular weight excluding hydrogens is 295 g/mol. The van der Waals surface area contributed by atoms with Gasteiger partial charge in [-0.1, -0.05) is 37.3 Å². The molecule has 116 valence electrons. The molecule has 0 unspecified atom stereocenters. The highest BCUT2D eigenvalue weighted by Gasteiger charge is 2.13. The standard InChI is InChI=1S/C18H20O.HO2P/c1-5-15-7-6-8-16(11-15)18(19)17-10-9-12(2)13(3)14(17)4;1-3-2/h6-11H,5H2,1-4H3;(H,1,2). The van der Waals surface area contributed by atoms with E-state index < -0.39 is 8.69 Å². The quantitative estimate of drug-likeness (QED) is 0.665. The second kappa shape index (κ2) is 8.57. The summed E-state index contributed by atoms with van der Waals surface area (Å²) < 4.78 is 8.46. The third-order valence-corrected chi connectivity index (χ3v) is 3.90. The Kier molecular flexibility index (Phi) is 7.10. The van der Waals surface area contributed by atoms with Crippen molar-refractivity contribution in [3.63, 3.8) is 0 Å². The van der Waals surface area contributed by atoms with Crippen molar-refractivity contribution >= 4 is 14.5 Å². The predicted molar refractivity (Wildman–Crippen MR) is 89.7 cm³/mol. The average Bonchev–Trinajstić information content (AvgIpc) is 2.53. The molecule has 0 aliphatic heterocycles. The second-order valence-corrected chi connectivity index (χ2v) is 5.31. The first-order chi connectivity index (χ1) is 10.5. The first-order valence-electron chi connectivity index (χ1n) is 7.13. The third kappa shape index (κ3) is 4.33. The number of rotatable bonds is 3. The van der Waals surface area contributed by atoms with Gasteiger partial charge in [-0.05, 0) is 55.5 Å². The van der Waals surface area contributed by atoms with Gasteiger partial charge in [0, 0.05) is 11.1 Å². The Labute approximate surface area is 133 Å². The molecule has 0 saturated heterocycles. The molecular formula is C18H21O3P. The first-order valence-corrected chi connectivity index (χ1v) is 7.89. The van der Waals surface area contributed by atoms with Gasteiger partial charge in [-0.25, -0.2) is 4.57 Å². The van der Waals surface area contributed by atoms with Crippen LogP contribution in [0.2, 0.25) is 0 Å². The molecule has 0 saturated carbocycles. The van der Waals surface area contributed by atoms with E-state index in [4.69, 9.17) is 9.46 Å². The van der Waals surface area contributed by atoms with Crippen LogP contribution < -0.4 is 0 Å². The van der Waals surface area contributed by atoms with Gasteiger partial charge in [0.1, 0.15) is 0 Å². The van der Waals surface area contributed by atoms with Gasteiger partial charge in [-0.3, -0.25) is 4.79 Å². The van der Waals surface area contributed by atoms with E-state index in [1.54, 1.807) is 0 Å². The minimum absolute atomic E-state index is 0.121. The summed E-state index contributed by atoms with van der Waals surface area (Å²) in [5, 5.41) is 0. The first kappa shape index (κ1) is 18.2. The number of hydrogen-bond donors (Lipinski definition) is 1. The molecule has 0 bridgehead atoms. The van der Waals surface area contributed by atoms with E-state index >= 15 is 0 Å². The summed E-state index contributed by atoms with van der Waals surface area (Å²) in [5.41, 5.74) is 6.33. The van der Waals surface area contributed by atoms with Crippen molar-refractivity contribution in [1.29, 1.82) is 0 Å². The molecule has 0 atom stereocenters. The van der Waals surface area contributed by atoms with Crippen molar-refractivity contribution in [2.75, 3.05) is 0 Å². The molecule has 0 heterocycles. The molecule has 1 N–H and O–H groups in total. The fourth-order valence-corrected chi connectivity index (χ4v) is 2.29. The van der Waals surface area contributed by atoms with Crippen LogP contribution in [0.5, 0.6) is 0 Å². The van der Waals surface area contributed by atoms with Crippen LogP contribution >= 0.6 is 8.69 Å². The van der Waals surface area contributed by atoms with Crippen LogP contribution in [0.15, 0.2) is 36.4 Å². The van der Waals surface area contributed by atoms with Crippen molar-refractivity contribution < 1.29 is 14.3 Å². The lowest BCUT2D eigenvalue weighted by Crippen LogP contribution is -2.06. The lowest BCUT2D eigenvalue weighted by Gasteiger charge is -2.11. The molecule has 0 amide bonds. The minimum Gasteiger partial charge on any atom is -0.310 e. The SMILES string of the molecule is CCc1cccc(C(=O)c2ccc(C)c(C)c2C)c1.O=PO. The summed E-state index contributed by atoms with van der Waals surface area (Å²) in [6, 6.07) is 11.9. The molecule has 0 aliphatic carbocycles. The van der Waals surface area contributed by atoms with Gasteiger partial charge in [0.2, 0.25) is 0 Å². The highest BCUT2D eigenvalue weighted by molar-refractivity contribution is 7.16.